The average molecular weight is 352 g/mol. The summed E-state index contributed by atoms with van der Waals surface area (Å²) in [5.74, 6) is 0.156. The van der Waals surface area contributed by atoms with Gasteiger partial charge in [0.1, 0.15) is 0 Å². The fraction of sp³-hybridized carbons (Fsp3) is 0.200. The molecule has 0 fully saturated rings. The number of H-pyrrole nitrogens is 1. The first-order valence-corrected chi connectivity index (χ1v) is 8.72. The van der Waals surface area contributed by atoms with E-state index in [1.165, 1.54) is 11.1 Å². The number of carbonyl (C=O) groups excluding carboxylic acids is 1. The van der Waals surface area contributed by atoms with Gasteiger partial charge in [0.15, 0.2) is 0 Å². The molecule has 0 aliphatic carbocycles. The number of carbonyl (C=O) groups is 1. The third kappa shape index (κ3) is 3.17. The lowest BCUT2D eigenvalue weighted by Gasteiger charge is -2.26. The number of para-hydroxylation sites is 1. The first-order chi connectivity index (χ1) is 12.2. The predicted octanol–water partition coefficient (Wildman–Crippen LogP) is 4.07. The Hall–Kier alpha value is -2.59. The van der Waals surface area contributed by atoms with E-state index in [4.69, 9.17) is 11.6 Å². The van der Waals surface area contributed by atoms with E-state index in [1.807, 2.05) is 35.4 Å². The van der Waals surface area contributed by atoms with Crippen molar-refractivity contribution in [3.05, 3.63) is 71.1 Å². The molecule has 4 rings (SSSR count). The lowest BCUT2D eigenvalue weighted by molar-refractivity contribution is -0.130. The molecule has 1 amide bonds. The van der Waals surface area contributed by atoms with Crippen molar-refractivity contribution in [1.29, 1.82) is 0 Å². The largest absolute Gasteiger partial charge is 0.359 e. The van der Waals surface area contributed by atoms with E-state index in [9.17, 15) is 4.79 Å². The normalized spacial score (nSPS) is 14.6. The van der Waals surface area contributed by atoms with Gasteiger partial charge in [0.2, 0.25) is 5.91 Å². The van der Waals surface area contributed by atoms with Crippen LogP contribution in [0, 0.1) is 0 Å². The molecule has 5 heteroatoms. The maximum absolute atomic E-state index is 12.5. The molecule has 126 valence electrons. The van der Waals surface area contributed by atoms with E-state index in [-0.39, 0.29) is 5.91 Å². The number of hydrogen-bond donors (Lipinski definition) is 1. The van der Waals surface area contributed by atoms with Crippen LogP contribution in [0.5, 0.6) is 0 Å². The van der Waals surface area contributed by atoms with Gasteiger partial charge in [0.05, 0.1) is 17.0 Å². The van der Waals surface area contributed by atoms with Crippen molar-refractivity contribution in [2.75, 3.05) is 13.1 Å². The highest BCUT2D eigenvalue weighted by atomic mass is 35.5. The standard InChI is InChI=1S/C20H18ClN3O/c21-18-3-1-2-16-17(13-23-20(16)18)15-6-10-24(11-7-15)19(25)12-14-4-8-22-9-5-14/h1-6,8-9,13,23H,7,10-12H2. The molecule has 3 heterocycles. The van der Waals surface area contributed by atoms with Crippen LogP contribution in [0.2, 0.25) is 5.02 Å². The lowest BCUT2D eigenvalue weighted by atomic mass is 9.98. The number of amides is 1. The number of hydrogen-bond acceptors (Lipinski definition) is 2. The summed E-state index contributed by atoms with van der Waals surface area (Å²) in [5.41, 5.74) is 4.41. The van der Waals surface area contributed by atoms with Crippen molar-refractivity contribution in [3.8, 4) is 0 Å². The number of benzene rings is 1. The van der Waals surface area contributed by atoms with Gasteiger partial charge in [-0.2, -0.15) is 0 Å². The van der Waals surface area contributed by atoms with E-state index in [2.05, 4.69) is 22.1 Å². The summed E-state index contributed by atoms with van der Waals surface area (Å²) in [4.78, 5) is 21.6. The van der Waals surface area contributed by atoms with Crippen molar-refractivity contribution < 1.29 is 4.79 Å². The SMILES string of the molecule is O=C(Cc1ccncc1)N1CC=C(c2c[nH]c3c(Cl)cccc23)CC1. The monoisotopic (exact) mass is 351 g/mol. The van der Waals surface area contributed by atoms with E-state index in [0.29, 0.717) is 13.0 Å². The minimum atomic E-state index is 0.156. The van der Waals surface area contributed by atoms with Crippen LogP contribution in [0.15, 0.2) is 55.0 Å². The van der Waals surface area contributed by atoms with Crippen LogP contribution in [-0.4, -0.2) is 33.9 Å². The van der Waals surface area contributed by atoms with Gasteiger partial charge in [-0.15, -0.1) is 0 Å². The Balaban J connectivity index is 1.50. The van der Waals surface area contributed by atoms with Crippen LogP contribution < -0.4 is 0 Å². The Bertz CT molecular complexity index is 946. The topological polar surface area (TPSA) is 49.0 Å². The number of aromatic nitrogens is 2. The molecule has 0 saturated heterocycles. The minimum absolute atomic E-state index is 0.156. The summed E-state index contributed by atoms with van der Waals surface area (Å²) in [6, 6.07) is 9.71. The molecule has 25 heavy (non-hydrogen) atoms. The predicted molar refractivity (Wildman–Crippen MR) is 100 cm³/mol. The van der Waals surface area contributed by atoms with Gasteiger partial charge in [-0.05, 0) is 35.8 Å². The third-order valence-electron chi connectivity index (χ3n) is 4.68. The van der Waals surface area contributed by atoms with Crippen molar-refractivity contribution >= 4 is 34.0 Å². The van der Waals surface area contributed by atoms with Crippen LogP contribution in [0.4, 0.5) is 0 Å². The summed E-state index contributed by atoms with van der Waals surface area (Å²) in [5, 5.41) is 1.87. The first kappa shape index (κ1) is 15.9. The molecule has 0 atom stereocenters. The zero-order valence-electron chi connectivity index (χ0n) is 13.7. The maximum Gasteiger partial charge on any atom is 0.227 e. The van der Waals surface area contributed by atoms with Gasteiger partial charge in [-0.1, -0.05) is 29.8 Å². The Labute approximate surface area is 151 Å². The fourth-order valence-electron chi connectivity index (χ4n) is 3.31. The van der Waals surface area contributed by atoms with E-state index in [1.54, 1.807) is 12.4 Å². The maximum atomic E-state index is 12.5. The summed E-state index contributed by atoms with van der Waals surface area (Å²) < 4.78 is 0. The van der Waals surface area contributed by atoms with Gasteiger partial charge >= 0.3 is 0 Å². The van der Waals surface area contributed by atoms with Crippen LogP contribution in [-0.2, 0) is 11.2 Å². The number of nitrogens with zero attached hydrogens (tertiary/aromatic N) is 2. The molecule has 3 aromatic rings. The van der Waals surface area contributed by atoms with Gasteiger partial charge in [0.25, 0.3) is 0 Å². The molecule has 2 aromatic heterocycles. The molecule has 0 unspecified atom stereocenters. The average Bonchev–Trinajstić information content (AvgIpc) is 3.08. The minimum Gasteiger partial charge on any atom is -0.359 e. The number of fused-ring (bicyclic) bond motifs is 1. The zero-order chi connectivity index (χ0) is 17.2. The molecule has 1 aromatic carbocycles. The van der Waals surface area contributed by atoms with Crippen molar-refractivity contribution in [3.63, 3.8) is 0 Å². The Kier molecular flexibility index (Phi) is 4.28. The van der Waals surface area contributed by atoms with Gasteiger partial charge in [-0.3, -0.25) is 9.78 Å². The second-order valence-corrected chi connectivity index (χ2v) is 6.62. The van der Waals surface area contributed by atoms with Crippen LogP contribution in [0.3, 0.4) is 0 Å². The molecule has 1 aliphatic heterocycles. The smallest absolute Gasteiger partial charge is 0.227 e. The molecule has 1 N–H and O–H groups in total. The number of nitrogens with one attached hydrogen (secondary N) is 1. The van der Waals surface area contributed by atoms with Crippen LogP contribution in [0.1, 0.15) is 17.5 Å². The first-order valence-electron chi connectivity index (χ1n) is 8.34. The Morgan fingerprint density at radius 2 is 2.08 bits per heavy atom. The quantitative estimate of drug-likeness (QED) is 0.773. The zero-order valence-corrected chi connectivity index (χ0v) is 14.5. The summed E-state index contributed by atoms with van der Waals surface area (Å²) in [6.07, 6.45) is 8.88. The summed E-state index contributed by atoms with van der Waals surface area (Å²) >= 11 is 6.24. The molecule has 0 spiro atoms. The fourth-order valence-corrected chi connectivity index (χ4v) is 3.54. The third-order valence-corrected chi connectivity index (χ3v) is 4.99. The Morgan fingerprint density at radius 3 is 2.84 bits per heavy atom. The summed E-state index contributed by atoms with van der Waals surface area (Å²) in [6.45, 7) is 1.38. The second-order valence-electron chi connectivity index (χ2n) is 6.22. The van der Waals surface area contributed by atoms with Crippen LogP contribution >= 0.6 is 11.6 Å². The molecular formula is C20H18ClN3O. The number of rotatable bonds is 3. The molecule has 4 nitrogen and oxygen atoms in total. The van der Waals surface area contributed by atoms with E-state index >= 15 is 0 Å². The highest BCUT2D eigenvalue weighted by molar-refractivity contribution is 6.35. The number of aromatic amines is 1. The summed E-state index contributed by atoms with van der Waals surface area (Å²) in [7, 11) is 0. The molecule has 0 saturated carbocycles. The number of pyridine rings is 1. The molecule has 0 bridgehead atoms. The Morgan fingerprint density at radius 1 is 1.24 bits per heavy atom. The van der Waals surface area contributed by atoms with E-state index < -0.39 is 0 Å². The van der Waals surface area contributed by atoms with Gasteiger partial charge < -0.3 is 9.88 Å². The lowest BCUT2D eigenvalue weighted by Crippen LogP contribution is -2.35. The van der Waals surface area contributed by atoms with Crippen molar-refractivity contribution in [1.82, 2.24) is 14.9 Å². The molecule has 0 radical (unpaired) electrons. The van der Waals surface area contributed by atoms with E-state index in [0.717, 1.165) is 34.5 Å². The molecule has 1 aliphatic rings. The number of halogens is 1. The van der Waals surface area contributed by atoms with Gasteiger partial charge in [-0.25, -0.2) is 0 Å². The highest BCUT2D eigenvalue weighted by Crippen LogP contribution is 2.32. The molecular weight excluding hydrogens is 334 g/mol. The van der Waals surface area contributed by atoms with Crippen molar-refractivity contribution in [2.24, 2.45) is 0 Å². The van der Waals surface area contributed by atoms with Crippen molar-refractivity contribution in [2.45, 2.75) is 12.8 Å². The second kappa shape index (κ2) is 6.73. The van der Waals surface area contributed by atoms with Gasteiger partial charge in [0, 0.05) is 42.6 Å². The highest BCUT2D eigenvalue weighted by Gasteiger charge is 2.19. The van der Waals surface area contributed by atoms with Crippen LogP contribution in [0.25, 0.3) is 16.5 Å².